The Kier molecular flexibility index (Phi) is 6.90. The molecule has 0 radical (unpaired) electrons. The molecule has 2 rings (SSSR count). The molecular weight excluding hydrogens is 364 g/mol. The molecule has 9 N–H and O–H groups in total. The average molecular weight is 389 g/mol. The van der Waals surface area contributed by atoms with Crippen LogP contribution < -0.4 is 0 Å². The van der Waals surface area contributed by atoms with E-state index in [0.717, 1.165) is 7.11 Å². The van der Waals surface area contributed by atoms with Crippen molar-refractivity contribution in [2.24, 2.45) is 0 Å². The van der Waals surface area contributed by atoms with Crippen LogP contribution in [0.1, 0.15) is 0 Å². The normalized spacial score (nSPS) is 47.1. The van der Waals surface area contributed by atoms with Crippen molar-refractivity contribution in [3.63, 3.8) is 0 Å². The molecule has 13 heteroatoms. The average Bonchev–Trinajstić information content (AvgIpc) is 2.82. The molecule has 154 valence electrons. The van der Waals surface area contributed by atoms with Crippen molar-refractivity contribution in [1.29, 1.82) is 0 Å². The Bertz CT molecular complexity index is 461. The van der Waals surface area contributed by atoms with E-state index in [1.54, 1.807) is 0 Å². The van der Waals surface area contributed by atoms with Gasteiger partial charge < -0.3 is 55.1 Å². The minimum absolute atomic E-state index is 0.751. The number of ether oxygens (including phenoxy) is 3. The fourth-order valence-electron chi connectivity index (χ4n) is 3.07. The standard InChI is InChI=1S/C13H25O13/c1-26(22)9-6(16)4(2-14)23-11(8(9)18)25-13(12(20)21)10(19)7(17)5(3-15)24-13/h4-12,14-22H,2-3H2,1H3/q+1/t4-,5-,6-,7-,8-,9+,10+,11-,13-/m1/s1. The van der Waals surface area contributed by atoms with Gasteiger partial charge in [0.2, 0.25) is 6.29 Å². The summed E-state index contributed by atoms with van der Waals surface area (Å²) >= 11 is 0. The third kappa shape index (κ3) is 3.59. The van der Waals surface area contributed by atoms with Gasteiger partial charge in [-0.3, -0.25) is 0 Å². The van der Waals surface area contributed by atoms with Crippen molar-refractivity contribution in [1.82, 2.24) is 0 Å². The highest BCUT2D eigenvalue weighted by Crippen LogP contribution is 2.38. The molecule has 13 nitrogen and oxygen atoms in total. The van der Waals surface area contributed by atoms with Gasteiger partial charge in [0.25, 0.3) is 11.9 Å². The van der Waals surface area contributed by atoms with E-state index in [1.165, 1.54) is 4.52 Å². The van der Waals surface area contributed by atoms with Gasteiger partial charge >= 0.3 is 0 Å². The number of aliphatic hydroxyl groups is 8. The molecule has 2 saturated heterocycles. The van der Waals surface area contributed by atoms with Gasteiger partial charge in [-0.2, -0.15) is 0 Å². The van der Waals surface area contributed by atoms with Crippen molar-refractivity contribution in [2.45, 2.75) is 61.1 Å². The van der Waals surface area contributed by atoms with Crippen molar-refractivity contribution >= 4 is 0 Å². The summed E-state index contributed by atoms with van der Waals surface area (Å²) in [5.41, 5.74) is 0. The van der Waals surface area contributed by atoms with Crippen LogP contribution >= 0.6 is 0 Å². The molecule has 0 saturated carbocycles. The van der Waals surface area contributed by atoms with Crippen LogP contribution in [0.2, 0.25) is 0 Å². The minimum Gasteiger partial charge on any atom is -0.394 e. The molecule has 0 amide bonds. The Morgan fingerprint density at radius 3 is 2.00 bits per heavy atom. The van der Waals surface area contributed by atoms with E-state index in [9.17, 15) is 41.0 Å². The molecule has 0 aromatic rings. The summed E-state index contributed by atoms with van der Waals surface area (Å²) in [5, 5.41) is 87.5. The van der Waals surface area contributed by atoms with Gasteiger partial charge in [-0.1, -0.05) is 0 Å². The lowest BCUT2D eigenvalue weighted by Crippen LogP contribution is -2.65. The number of aliphatic hydroxyl groups excluding tert-OH is 7. The van der Waals surface area contributed by atoms with Crippen LogP contribution in [0.3, 0.4) is 0 Å². The minimum atomic E-state index is -2.72. The fraction of sp³-hybridized carbons (Fsp3) is 1.00. The number of rotatable bonds is 6. The quantitative estimate of drug-likeness (QED) is 0.0901. The van der Waals surface area contributed by atoms with Gasteiger partial charge in [-0.25, -0.2) is 4.52 Å². The Morgan fingerprint density at radius 1 is 1.00 bits per heavy atom. The number of hydrogen-bond donors (Lipinski definition) is 9. The second-order valence-corrected chi connectivity index (χ2v) is 6.18. The molecule has 0 aliphatic carbocycles. The summed E-state index contributed by atoms with van der Waals surface area (Å²) in [6.45, 7) is -1.54. The van der Waals surface area contributed by atoms with Crippen LogP contribution in [0.15, 0.2) is 0 Å². The highest BCUT2D eigenvalue weighted by molar-refractivity contribution is 5.00. The molecule has 0 spiro atoms. The Labute approximate surface area is 147 Å². The van der Waals surface area contributed by atoms with Crippen molar-refractivity contribution in [2.75, 3.05) is 20.3 Å². The second-order valence-electron chi connectivity index (χ2n) is 6.18. The molecule has 2 aliphatic heterocycles. The Balaban J connectivity index is 2.30. The maximum atomic E-state index is 10.3. The third-order valence-electron chi connectivity index (χ3n) is 4.51. The monoisotopic (exact) mass is 389 g/mol. The number of hydrogen-bond acceptors (Lipinski definition) is 12. The maximum absolute atomic E-state index is 10.3. The van der Waals surface area contributed by atoms with Crippen molar-refractivity contribution < 1.29 is 64.8 Å². The third-order valence-corrected chi connectivity index (χ3v) is 4.51. The molecule has 9 atom stereocenters. The highest BCUT2D eigenvalue weighted by atomic mass is 17.2. The molecule has 0 aromatic carbocycles. The Morgan fingerprint density at radius 2 is 1.58 bits per heavy atom. The molecule has 2 fully saturated rings. The largest absolute Gasteiger partial charge is 0.394 e. The first-order valence-electron chi connectivity index (χ1n) is 7.75. The van der Waals surface area contributed by atoms with Crippen LogP contribution in [0.4, 0.5) is 0 Å². The summed E-state index contributed by atoms with van der Waals surface area (Å²) < 4.78 is 16.7. The van der Waals surface area contributed by atoms with Crippen LogP contribution in [0.25, 0.3) is 0 Å². The van der Waals surface area contributed by atoms with E-state index in [-0.39, 0.29) is 0 Å². The highest BCUT2D eigenvalue weighted by Gasteiger charge is 2.63. The van der Waals surface area contributed by atoms with Crippen LogP contribution in [0.5, 0.6) is 0 Å². The molecule has 26 heavy (non-hydrogen) atoms. The van der Waals surface area contributed by atoms with E-state index < -0.39 is 74.3 Å². The van der Waals surface area contributed by atoms with E-state index in [2.05, 4.69) is 0 Å². The van der Waals surface area contributed by atoms with Crippen molar-refractivity contribution in [3.05, 3.63) is 0 Å². The second kappa shape index (κ2) is 8.24. The van der Waals surface area contributed by atoms with Gasteiger partial charge in [0.15, 0.2) is 25.6 Å². The summed E-state index contributed by atoms with van der Waals surface area (Å²) in [5.74, 6) is -2.72. The van der Waals surface area contributed by atoms with Gasteiger partial charge in [-0.05, 0) is 0 Å². The zero-order valence-corrected chi connectivity index (χ0v) is 13.8. The van der Waals surface area contributed by atoms with E-state index in [1.807, 2.05) is 0 Å². The van der Waals surface area contributed by atoms with Gasteiger partial charge in [0.1, 0.15) is 24.4 Å². The lowest BCUT2D eigenvalue weighted by Gasteiger charge is -2.43. The SMILES string of the molecule is C[O+](O)[C@@H]1[C@@H](O)[C@@H](O[C@]2(C(O)O)O[C@H](CO)[C@@H](O)[C@@H]2O)O[C@H](CO)[C@H]1O. The molecule has 2 aliphatic rings. The molecule has 2 heterocycles. The zero-order valence-electron chi connectivity index (χ0n) is 13.8. The van der Waals surface area contributed by atoms with Gasteiger partial charge in [0, 0.05) is 0 Å². The summed E-state index contributed by atoms with van der Waals surface area (Å²) in [7, 11) is 1.02. The lowest BCUT2D eigenvalue weighted by atomic mass is 9.98. The molecule has 0 unspecified atom stereocenters. The van der Waals surface area contributed by atoms with Crippen LogP contribution in [-0.2, 0) is 18.7 Å². The van der Waals surface area contributed by atoms with E-state index in [0.29, 0.717) is 0 Å². The van der Waals surface area contributed by atoms with Crippen molar-refractivity contribution in [3.8, 4) is 0 Å². The Hall–Kier alpha value is -0.520. The summed E-state index contributed by atoms with van der Waals surface area (Å²) in [6, 6.07) is 0. The maximum Gasteiger partial charge on any atom is 0.253 e. The molecule has 0 bridgehead atoms. The van der Waals surface area contributed by atoms with Gasteiger partial charge in [0.05, 0.1) is 13.2 Å². The molecular formula is C13H25O13+. The summed E-state index contributed by atoms with van der Waals surface area (Å²) in [4.78, 5) is 0. The smallest absolute Gasteiger partial charge is 0.253 e. The fourth-order valence-corrected chi connectivity index (χ4v) is 3.07. The van der Waals surface area contributed by atoms with Gasteiger partial charge in [-0.15, -0.1) is 5.26 Å². The first kappa shape index (κ1) is 21.8. The predicted octanol–water partition coefficient (Wildman–Crippen LogP) is -5.41. The first-order chi connectivity index (χ1) is 12.1. The first-order valence-corrected chi connectivity index (χ1v) is 7.75. The van der Waals surface area contributed by atoms with Crippen LogP contribution in [-0.4, -0.2) is 128 Å². The van der Waals surface area contributed by atoms with Crippen LogP contribution in [0, 0.1) is 0 Å². The zero-order chi connectivity index (χ0) is 19.8. The topological polar surface area (TPSA) is 212 Å². The van der Waals surface area contributed by atoms with E-state index in [4.69, 9.17) is 19.3 Å². The lowest BCUT2D eigenvalue weighted by molar-refractivity contribution is -0.493. The predicted molar refractivity (Wildman–Crippen MR) is 77.2 cm³/mol. The molecule has 0 aromatic heterocycles. The van der Waals surface area contributed by atoms with E-state index >= 15 is 0 Å². The summed E-state index contributed by atoms with van der Waals surface area (Å²) in [6.07, 6.45) is -15.9.